The van der Waals surface area contributed by atoms with Gasteiger partial charge in [-0.1, -0.05) is 30.3 Å². The van der Waals surface area contributed by atoms with E-state index in [4.69, 9.17) is 14.7 Å². The Morgan fingerprint density at radius 1 is 1.15 bits per heavy atom. The van der Waals surface area contributed by atoms with Crippen molar-refractivity contribution in [2.75, 3.05) is 56.2 Å². The number of anilines is 2. The zero-order valence-corrected chi connectivity index (χ0v) is 23.7. The minimum absolute atomic E-state index is 0.0547. The number of nitrogens with one attached hydrogen (secondary N) is 1. The van der Waals surface area contributed by atoms with E-state index in [2.05, 4.69) is 64.5 Å². The number of alkyl halides is 2. The van der Waals surface area contributed by atoms with Crippen LogP contribution in [0.25, 0.3) is 10.8 Å². The molecule has 10 heteroatoms. The third-order valence-electron chi connectivity index (χ3n) is 8.61. The fourth-order valence-corrected chi connectivity index (χ4v) is 6.57. The lowest BCUT2D eigenvalue weighted by molar-refractivity contribution is 0.0136. The molecule has 1 N–H and O–H groups in total. The van der Waals surface area contributed by atoms with Gasteiger partial charge in [-0.3, -0.25) is 4.90 Å². The number of nitrogens with zero attached hydrogens (tertiary/aromatic N) is 6. The Morgan fingerprint density at radius 2 is 1.98 bits per heavy atom. The molecule has 3 aromatic rings. The molecule has 2 aromatic carbocycles. The van der Waals surface area contributed by atoms with Gasteiger partial charge in [0.25, 0.3) is 5.92 Å². The lowest BCUT2D eigenvalue weighted by atomic mass is 10.0. The van der Waals surface area contributed by atoms with Gasteiger partial charge in [-0.25, -0.2) is 8.78 Å². The van der Waals surface area contributed by atoms with E-state index in [1.165, 1.54) is 22.0 Å². The van der Waals surface area contributed by atoms with Crippen LogP contribution in [0.3, 0.4) is 0 Å². The largest absolute Gasteiger partial charge is 0.462 e. The number of likely N-dealkylation sites (N-methyl/N-ethyl adjacent to an activating group) is 1. The van der Waals surface area contributed by atoms with E-state index in [1.54, 1.807) is 11.9 Å². The Bertz CT molecular complexity index is 1450. The molecule has 41 heavy (non-hydrogen) atoms. The Hall–Kier alpha value is -3.55. The van der Waals surface area contributed by atoms with E-state index in [0.29, 0.717) is 19.5 Å². The lowest BCUT2D eigenvalue weighted by Gasteiger charge is -2.35. The molecule has 2 atom stereocenters. The lowest BCUT2D eigenvalue weighted by Crippen LogP contribution is -2.51. The Balaban J connectivity index is 1.35. The zero-order valence-electron chi connectivity index (χ0n) is 23.7. The van der Waals surface area contributed by atoms with E-state index < -0.39 is 12.0 Å². The molecule has 0 radical (unpaired) electrons. The number of aryl methyl sites for hydroxylation is 1. The first kappa shape index (κ1) is 27.6. The van der Waals surface area contributed by atoms with E-state index in [1.807, 2.05) is 0 Å². The molecule has 3 aliphatic heterocycles. The summed E-state index contributed by atoms with van der Waals surface area (Å²) in [6.45, 7) is 5.64. The van der Waals surface area contributed by atoms with Crippen LogP contribution in [0, 0.1) is 18.3 Å². The smallest absolute Gasteiger partial charge is 0.318 e. The van der Waals surface area contributed by atoms with Crippen molar-refractivity contribution < 1.29 is 13.5 Å². The molecule has 8 nitrogen and oxygen atoms in total. The predicted octanol–water partition coefficient (Wildman–Crippen LogP) is 4.30. The summed E-state index contributed by atoms with van der Waals surface area (Å²) in [6.07, 6.45) is 1.96. The molecule has 2 saturated heterocycles. The Kier molecular flexibility index (Phi) is 7.66. The Morgan fingerprint density at radius 3 is 2.76 bits per heavy atom. The number of hydrogen-bond donors (Lipinski definition) is 1. The summed E-state index contributed by atoms with van der Waals surface area (Å²) in [5, 5.41) is 15.2. The van der Waals surface area contributed by atoms with Crippen LogP contribution < -0.4 is 19.9 Å². The zero-order chi connectivity index (χ0) is 28.6. The number of nitriles is 1. The molecule has 3 aliphatic rings. The standard InChI is InChI=1S/C31H37F2N7O/c1-21-6-3-7-22-8-4-10-27(28(21)22)39-14-5-9-25-26(18-39)36-30(41-19-24-16-31(32,33)20-38(24)2)37-29(25)40-15-13-35-23(17-40)11-12-34/h3-4,6-8,10,23-24,35H,5,9,11,13-20H2,1-2H3/t23?,24-/m0/s1. The normalized spacial score (nSPS) is 22.8. The number of hydrogen-bond acceptors (Lipinski definition) is 8. The highest BCUT2D eigenvalue weighted by molar-refractivity contribution is 5.96. The third-order valence-corrected chi connectivity index (χ3v) is 8.61. The van der Waals surface area contributed by atoms with Crippen LogP contribution in [0.5, 0.6) is 6.01 Å². The van der Waals surface area contributed by atoms with Crippen molar-refractivity contribution in [3.05, 3.63) is 53.2 Å². The second-order valence-corrected chi connectivity index (χ2v) is 11.6. The van der Waals surface area contributed by atoms with Crippen LogP contribution in [0.1, 0.15) is 36.1 Å². The predicted molar refractivity (Wildman–Crippen MR) is 156 cm³/mol. The molecule has 0 spiro atoms. The second kappa shape index (κ2) is 11.4. The number of likely N-dealkylation sites (tertiary alicyclic amines) is 1. The summed E-state index contributed by atoms with van der Waals surface area (Å²) in [4.78, 5) is 16.1. The van der Waals surface area contributed by atoms with Crippen LogP contribution in [0.2, 0.25) is 0 Å². The molecule has 1 aromatic heterocycles. The molecular weight excluding hydrogens is 524 g/mol. The van der Waals surface area contributed by atoms with Gasteiger partial charge in [0, 0.05) is 61.3 Å². The van der Waals surface area contributed by atoms with Gasteiger partial charge in [0.1, 0.15) is 12.4 Å². The van der Waals surface area contributed by atoms with Gasteiger partial charge < -0.3 is 19.9 Å². The van der Waals surface area contributed by atoms with Crippen molar-refractivity contribution >= 4 is 22.3 Å². The fraction of sp³-hybridized carbons (Fsp3) is 0.516. The molecule has 0 saturated carbocycles. The quantitative estimate of drug-likeness (QED) is 0.477. The van der Waals surface area contributed by atoms with Gasteiger partial charge in [-0.2, -0.15) is 15.2 Å². The average Bonchev–Trinajstić information content (AvgIpc) is 3.09. The van der Waals surface area contributed by atoms with Crippen LogP contribution >= 0.6 is 0 Å². The molecular formula is C31H37F2N7O. The molecule has 6 rings (SSSR count). The maximum absolute atomic E-state index is 14.0. The van der Waals surface area contributed by atoms with E-state index >= 15 is 0 Å². The maximum atomic E-state index is 14.0. The van der Waals surface area contributed by atoms with Crippen molar-refractivity contribution in [1.82, 2.24) is 20.2 Å². The summed E-state index contributed by atoms with van der Waals surface area (Å²) < 4.78 is 34.1. The minimum Gasteiger partial charge on any atom is -0.462 e. The number of fused-ring (bicyclic) bond motifs is 2. The van der Waals surface area contributed by atoms with Crippen molar-refractivity contribution in [2.24, 2.45) is 0 Å². The molecule has 216 valence electrons. The first-order valence-electron chi connectivity index (χ1n) is 14.5. The summed E-state index contributed by atoms with van der Waals surface area (Å²) >= 11 is 0. The van der Waals surface area contributed by atoms with Crippen molar-refractivity contribution in [3.63, 3.8) is 0 Å². The monoisotopic (exact) mass is 561 g/mol. The highest BCUT2D eigenvalue weighted by Crippen LogP contribution is 2.36. The van der Waals surface area contributed by atoms with E-state index in [9.17, 15) is 14.0 Å². The van der Waals surface area contributed by atoms with Crippen LogP contribution in [0.15, 0.2) is 36.4 Å². The summed E-state index contributed by atoms with van der Waals surface area (Å²) in [6, 6.07) is 15.0. The Labute approximate surface area is 239 Å². The highest BCUT2D eigenvalue weighted by atomic mass is 19.3. The van der Waals surface area contributed by atoms with Gasteiger partial charge >= 0.3 is 6.01 Å². The van der Waals surface area contributed by atoms with Crippen LogP contribution in [-0.4, -0.2) is 79.3 Å². The van der Waals surface area contributed by atoms with Gasteiger partial charge in [-0.15, -0.1) is 0 Å². The average molecular weight is 562 g/mol. The summed E-state index contributed by atoms with van der Waals surface area (Å²) in [7, 11) is 1.71. The van der Waals surface area contributed by atoms with Gasteiger partial charge in [-0.05, 0) is 43.8 Å². The molecule has 0 aliphatic carbocycles. The van der Waals surface area contributed by atoms with Gasteiger partial charge in [0.05, 0.1) is 31.3 Å². The first-order chi connectivity index (χ1) is 19.8. The molecule has 0 bridgehead atoms. The summed E-state index contributed by atoms with van der Waals surface area (Å²) in [5.41, 5.74) is 4.44. The minimum atomic E-state index is -2.71. The van der Waals surface area contributed by atoms with Gasteiger partial charge in [0.15, 0.2) is 0 Å². The molecule has 0 amide bonds. The topological polar surface area (TPSA) is 80.6 Å². The fourth-order valence-electron chi connectivity index (χ4n) is 6.57. The van der Waals surface area contributed by atoms with E-state index in [-0.39, 0.29) is 31.6 Å². The number of aromatic nitrogens is 2. The summed E-state index contributed by atoms with van der Waals surface area (Å²) in [5.74, 6) is -1.87. The molecule has 4 heterocycles. The number of rotatable bonds is 6. The maximum Gasteiger partial charge on any atom is 0.318 e. The second-order valence-electron chi connectivity index (χ2n) is 11.6. The SMILES string of the molecule is Cc1cccc2cccc(N3CCCc4c(nc(OC[C@@H]5CC(F)(F)CN5C)nc4N4CCNC(CC#N)C4)C3)c12. The first-order valence-corrected chi connectivity index (χ1v) is 14.5. The third kappa shape index (κ3) is 5.79. The van der Waals surface area contributed by atoms with Crippen LogP contribution in [-0.2, 0) is 13.0 Å². The van der Waals surface area contributed by atoms with Crippen LogP contribution in [0.4, 0.5) is 20.3 Å². The number of halogens is 2. The molecule has 2 fully saturated rings. The van der Waals surface area contributed by atoms with E-state index in [0.717, 1.165) is 49.6 Å². The van der Waals surface area contributed by atoms with Crippen molar-refractivity contribution in [1.29, 1.82) is 5.26 Å². The molecule has 1 unspecified atom stereocenters. The van der Waals surface area contributed by atoms with Crippen molar-refractivity contribution in [2.45, 2.75) is 57.2 Å². The highest BCUT2D eigenvalue weighted by Gasteiger charge is 2.43. The number of benzene rings is 2. The number of piperazine rings is 1. The van der Waals surface area contributed by atoms with Gasteiger partial charge in [0.2, 0.25) is 0 Å². The van der Waals surface area contributed by atoms with Crippen molar-refractivity contribution in [3.8, 4) is 12.1 Å². The number of ether oxygens (including phenoxy) is 1.